The number of nitrogens with one attached hydrogen (secondary N) is 1. The van der Waals surface area contributed by atoms with E-state index in [-0.39, 0.29) is 0 Å². The van der Waals surface area contributed by atoms with Crippen molar-refractivity contribution in [1.82, 2.24) is 14.8 Å². The molecule has 90 valence electrons. The molecule has 4 nitrogen and oxygen atoms in total. The average molecular weight is 230 g/mol. The maximum Gasteiger partial charge on any atom is 0.166 e. The Kier molecular flexibility index (Phi) is 3.42. The third-order valence-electron chi connectivity index (χ3n) is 2.82. The second-order valence-electron chi connectivity index (χ2n) is 4.02. The van der Waals surface area contributed by atoms with E-state index in [1.54, 1.807) is 0 Å². The van der Waals surface area contributed by atoms with Gasteiger partial charge in [-0.3, -0.25) is 0 Å². The molecule has 0 saturated heterocycles. The van der Waals surface area contributed by atoms with Gasteiger partial charge in [-0.1, -0.05) is 19.1 Å². The zero-order valence-electron chi connectivity index (χ0n) is 10.6. The van der Waals surface area contributed by atoms with Gasteiger partial charge in [0.05, 0.1) is 0 Å². The van der Waals surface area contributed by atoms with Crippen molar-refractivity contribution in [2.75, 3.05) is 12.4 Å². The largest absolute Gasteiger partial charge is 0.388 e. The van der Waals surface area contributed by atoms with Gasteiger partial charge in [0.2, 0.25) is 0 Å². The number of benzene rings is 1. The molecule has 0 amide bonds. The molecule has 0 saturated carbocycles. The van der Waals surface area contributed by atoms with Gasteiger partial charge in [0, 0.05) is 24.8 Å². The summed E-state index contributed by atoms with van der Waals surface area (Å²) in [6.07, 6.45) is 1.08. The monoisotopic (exact) mass is 230 g/mol. The molecule has 17 heavy (non-hydrogen) atoms. The van der Waals surface area contributed by atoms with Crippen LogP contribution < -0.4 is 5.32 Å². The zero-order valence-corrected chi connectivity index (χ0v) is 10.6. The summed E-state index contributed by atoms with van der Waals surface area (Å²) < 4.78 is 2.16. The third-order valence-corrected chi connectivity index (χ3v) is 2.82. The lowest BCUT2D eigenvalue weighted by molar-refractivity contribution is 0.663. The molecular weight excluding hydrogens is 212 g/mol. The molecule has 1 aromatic carbocycles. The minimum Gasteiger partial charge on any atom is -0.388 e. The topological polar surface area (TPSA) is 42.7 Å². The maximum atomic E-state index is 4.29. The number of para-hydroxylation sites is 1. The van der Waals surface area contributed by atoms with Gasteiger partial charge in [-0.05, 0) is 25.5 Å². The summed E-state index contributed by atoms with van der Waals surface area (Å²) in [7, 11) is 1.92. The van der Waals surface area contributed by atoms with E-state index in [2.05, 4.69) is 39.1 Å². The highest BCUT2D eigenvalue weighted by molar-refractivity contribution is 5.73. The molecule has 0 aliphatic heterocycles. The third kappa shape index (κ3) is 2.16. The average Bonchev–Trinajstić information content (AvgIpc) is 2.72. The molecule has 0 radical (unpaired) electrons. The smallest absolute Gasteiger partial charge is 0.166 e. The maximum absolute atomic E-state index is 4.29. The Morgan fingerprint density at radius 1 is 1.24 bits per heavy atom. The van der Waals surface area contributed by atoms with Crippen LogP contribution in [0.2, 0.25) is 0 Å². The van der Waals surface area contributed by atoms with E-state index < -0.39 is 0 Å². The summed E-state index contributed by atoms with van der Waals surface area (Å²) in [5.41, 5.74) is 2.18. The van der Waals surface area contributed by atoms with Crippen molar-refractivity contribution in [3.63, 3.8) is 0 Å². The van der Waals surface area contributed by atoms with E-state index in [0.717, 1.165) is 35.9 Å². The van der Waals surface area contributed by atoms with Crippen LogP contribution in [0.1, 0.15) is 19.2 Å². The van der Waals surface area contributed by atoms with Crippen molar-refractivity contribution in [2.45, 2.75) is 26.8 Å². The van der Waals surface area contributed by atoms with Gasteiger partial charge in [-0.2, -0.15) is 0 Å². The van der Waals surface area contributed by atoms with Gasteiger partial charge in [0.25, 0.3) is 0 Å². The van der Waals surface area contributed by atoms with Crippen molar-refractivity contribution in [1.29, 1.82) is 0 Å². The van der Waals surface area contributed by atoms with Crippen LogP contribution in [0, 0.1) is 6.92 Å². The molecule has 0 aliphatic carbocycles. The van der Waals surface area contributed by atoms with Gasteiger partial charge in [-0.25, -0.2) is 0 Å². The molecule has 2 aromatic rings. The summed E-state index contributed by atoms with van der Waals surface area (Å²) in [6.45, 7) is 5.10. The number of hydrogen-bond donors (Lipinski definition) is 1. The molecule has 0 atom stereocenters. The number of anilines is 1. The van der Waals surface area contributed by atoms with Crippen LogP contribution in [0.25, 0.3) is 11.4 Å². The zero-order chi connectivity index (χ0) is 12.3. The summed E-state index contributed by atoms with van der Waals surface area (Å²) in [5.74, 6) is 1.90. The lowest BCUT2D eigenvalue weighted by atomic mass is 10.1. The number of rotatable bonds is 4. The molecule has 4 heteroatoms. The van der Waals surface area contributed by atoms with Crippen molar-refractivity contribution in [2.24, 2.45) is 0 Å². The van der Waals surface area contributed by atoms with Crippen LogP contribution in [0.3, 0.4) is 0 Å². The second-order valence-corrected chi connectivity index (χ2v) is 4.02. The molecule has 0 bridgehead atoms. The van der Waals surface area contributed by atoms with Crippen LogP contribution >= 0.6 is 0 Å². The van der Waals surface area contributed by atoms with Gasteiger partial charge in [0.15, 0.2) is 5.82 Å². The summed E-state index contributed by atoms with van der Waals surface area (Å²) in [5, 5.41) is 11.6. The Labute approximate surface area is 102 Å². The summed E-state index contributed by atoms with van der Waals surface area (Å²) in [6, 6.07) is 8.16. The van der Waals surface area contributed by atoms with E-state index in [1.165, 1.54) is 0 Å². The van der Waals surface area contributed by atoms with Crippen molar-refractivity contribution < 1.29 is 0 Å². The Hall–Kier alpha value is -1.84. The van der Waals surface area contributed by atoms with Crippen LogP contribution in [0.4, 0.5) is 5.69 Å². The van der Waals surface area contributed by atoms with E-state index in [9.17, 15) is 0 Å². The Morgan fingerprint density at radius 3 is 2.71 bits per heavy atom. The number of hydrogen-bond acceptors (Lipinski definition) is 3. The second kappa shape index (κ2) is 4.99. The fourth-order valence-corrected chi connectivity index (χ4v) is 1.97. The summed E-state index contributed by atoms with van der Waals surface area (Å²) >= 11 is 0. The lowest BCUT2D eigenvalue weighted by Gasteiger charge is -2.10. The molecular formula is C13H18N4. The van der Waals surface area contributed by atoms with Gasteiger partial charge < -0.3 is 9.88 Å². The van der Waals surface area contributed by atoms with E-state index in [4.69, 9.17) is 0 Å². The Bertz CT molecular complexity index is 502. The first-order valence-corrected chi connectivity index (χ1v) is 5.95. The van der Waals surface area contributed by atoms with Crippen LogP contribution in [0.15, 0.2) is 24.3 Å². The first-order chi connectivity index (χ1) is 8.27. The highest BCUT2D eigenvalue weighted by Crippen LogP contribution is 2.26. The highest BCUT2D eigenvalue weighted by Gasteiger charge is 2.12. The van der Waals surface area contributed by atoms with Crippen molar-refractivity contribution >= 4 is 5.69 Å². The molecule has 0 aliphatic rings. The van der Waals surface area contributed by atoms with Crippen molar-refractivity contribution in [3.8, 4) is 11.4 Å². The quantitative estimate of drug-likeness (QED) is 0.878. The summed E-state index contributed by atoms with van der Waals surface area (Å²) in [4.78, 5) is 0. The minimum atomic E-state index is 0.939. The SMILES string of the molecule is CCCn1c(C)nnc1-c1ccccc1NC. The first kappa shape index (κ1) is 11.6. The van der Waals surface area contributed by atoms with Gasteiger partial charge in [-0.15, -0.1) is 10.2 Å². The predicted molar refractivity (Wildman–Crippen MR) is 70.0 cm³/mol. The highest BCUT2D eigenvalue weighted by atomic mass is 15.3. The van der Waals surface area contributed by atoms with E-state index in [0.29, 0.717) is 0 Å². The Morgan fingerprint density at radius 2 is 2.00 bits per heavy atom. The predicted octanol–water partition coefficient (Wildman–Crippen LogP) is 2.71. The molecule has 1 aromatic heterocycles. The van der Waals surface area contributed by atoms with Crippen LogP contribution in [-0.2, 0) is 6.54 Å². The van der Waals surface area contributed by atoms with Gasteiger partial charge >= 0.3 is 0 Å². The van der Waals surface area contributed by atoms with E-state index in [1.807, 2.05) is 26.1 Å². The first-order valence-electron chi connectivity index (χ1n) is 5.95. The van der Waals surface area contributed by atoms with Crippen LogP contribution in [-0.4, -0.2) is 21.8 Å². The van der Waals surface area contributed by atoms with Gasteiger partial charge in [0.1, 0.15) is 5.82 Å². The standard InChI is InChI=1S/C13H18N4/c1-4-9-17-10(2)15-16-13(17)11-7-5-6-8-12(11)14-3/h5-8,14H,4,9H2,1-3H3. The fraction of sp³-hybridized carbons (Fsp3) is 0.385. The van der Waals surface area contributed by atoms with Crippen LogP contribution in [0.5, 0.6) is 0 Å². The molecule has 0 spiro atoms. The van der Waals surface area contributed by atoms with E-state index >= 15 is 0 Å². The number of aryl methyl sites for hydroxylation is 1. The van der Waals surface area contributed by atoms with Crippen molar-refractivity contribution in [3.05, 3.63) is 30.1 Å². The minimum absolute atomic E-state index is 0.939. The lowest BCUT2D eigenvalue weighted by Crippen LogP contribution is -2.03. The molecule has 0 fully saturated rings. The molecule has 2 rings (SSSR count). The fourth-order valence-electron chi connectivity index (χ4n) is 1.97. The Balaban J connectivity index is 2.52. The molecule has 1 N–H and O–H groups in total. The molecule has 1 heterocycles. The number of aromatic nitrogens is 3. The normalized spacial score (nSPS) is 10.5. The number of nitrogens with zero attached hydrogens (tertiary/aromatic N) is 3. The molecule has 0 unspecified atom stereocenters.